The molecule has 0 aromatic rings. The Morgan fingerprint density at radius 3 is 0.538 bits per heavy atom. The van der Waals surface area contributed by atoms with Gasteiger partial charge in [0.15, 0.2) is 0 Å². The Labute approximate surface area is 82.9 Å². The summed E-state index contributed by atoms with van der Waals surface area (Å²) >= 11 is 0. The Morgan fingerprint density at radius 1 is 0.538 bits per heavy atom. The van der Waals surface area contributed by atoms with Crippen LogP contribution in [0.25, 0.3) is 0 Å². The van der Waals surface area contributed by atoms with Crippen LogP contribution in [0.4, 0.5) is 0 Å². The molecule has 0 amide bonds. The van der Waals surface area contributed by atoms with Crippen molar-refractivity contribution in [3.63, 3.8) is 0 Å². The zero-order valence-corrected chi connectivity index (χ0v) is 8.15. The first kappa shape index (κ1) is 30.2. The van der Waals surface area contributed by atoms with E-state index in [9.17, 15) is 0 Å². The van der Waals surface area contributed by atoms with E-state index in [1.54, 1.807) is 0 Å². The summed E-state index contributed by atoms with van der Waals surface area (Å²) in [6, 6.07) is 0. The predicted octanol–water partition coefficient (Wildman–Crippen LogP) is 1.000. The molecule has 13 heavy (non-hydrogen) atoms. The summed E-state index contributed by atoms with van der Waals surface area (Å²) < 4.78 is 0. The Morgan fingerprint density at radius 2 is 0.538 bits per heavy atom. The first-order valence-electron chi connectivity index (χ1n) is 1.46. The van der Waals surface area contributed by atoms with Crippen LogP contribution >= 0.6 is 0 Å². The van der Waals surface area contributed by atoms with Crippen LogP contribution in [0.15, 0.2) is 21.4 Å². The van der Waals surface area contributed by atoms with Crippen molar-refractivity contribution in [3.8, 4) is 0 Å². The van der Waals surface area contributed by atoms with Crippen molar-refractivity contribution in [2.75, 3.05) is 0 Å². The average Bonchev–Trinajstić information content (AvgIpc) is 1.92. The van der Waals surface area contributed by atoms with Crippen molar-refractivity contribution >= 4 is 0 Å². The number of hydrogen-bond donors (Lipinski definition) is 0. The van der Waals surface area contributed by atoms with E-state index in [2.05, 4.69) is 0 Å². The van der Waals surface area contributed by atoms with E-state index in [1.807, 2.05) is 0 Å². The van der Waals surface area contributed by atoms with Crippen LogP contribution in [0.5, 0.6) is 0 Å². The van der Waals surface area contributed by atoms with E-state index in [0.717, 1.165) is 21.4 Å². The summed E-state index contributed by atoms with van der Waals surface area (Å²) in [4.78, 5) is 32.0. The zero-order chi connectivity index (χ0) is 10.8. The first-order valence-corrected chi connectivity index (χ1v) is 1.46. The van der Waals surface area contributed by atoms with Gasteiger partial charge in [0.1, 0.15) is 0 Å². The number of rotatable bonds is 0. The second-order valence-electron chi connectivity index (χ2n) is 0.298. The topological polar surface area (TPSA) is 210 Å². The second kappa shape index (κ2) is 172. The van der Waals surface area contributed by atoms with Crippen molar-refractivity contribution in [1.82, 2.24) is 0 Å². The molecule has 13 heteroatoms. The van der Waals surface area contributed by atoms with Gasteiger partial charge in [0.25, 0.3) is 0 Å². The molecule has 1 radical (unpaired) electrons. The van der Waals surface area contributed by atoms with Crippen LogP contribution in [0.1, 0.15) is 0 Å². The van der Waals surface area contributed by atoms with Gasteiger partial charge in [-0.3, -0.25) is 0 Å². The Kier molecular flexibility index (Phi) is 400. The van der Waals surface area contributed by atoms with Gasteiger partial charge < -0.3 is 40.5 Å². The number of hydrogen-bond acceptors (Lipinski definition) is 12. The Hall–Kier alpha value is -1.74. The van der Waals surface area contributed by atoms with E-state index in [1.165, 1.54) is 0 Å². The minimum absolute atomic E-state index is 0. The standard InChI is InChI=1S/4HNO2.Re/c4*2-1-3;/h4*(H,2,3);/q;;;;+4/p-4. The minimum Gasteiger partial charge on any atom is -0.444 e. The van der Waals surface area contributed by atoms with Gasteiger partial charge in [-0.1, -0.05) is 0 Å². The Bertz CT molecular complexity index is 70.1. The van der Waals surface area contributed by atoms with Crippen LogP contribution in [-0.4, -0.2) is 0 Å². The van der Waals surface area contributed by atoms with Crippen LogP contribution < -0.4 is 0 Å². The van der Waals surface area contributed by atoms with E-state index in [4.69, 9.17) is 40.5 Å². The summed E-state index contributed by atoms with van der Waals surface area (Å²) in [5.74, 6) is 0. The van der Waals surface area contributed by atoms with Crippen molar-refractivity contribution < 1.29 is 20.4 Å². The fourth-order valence-electron chi connectivity index (χ4n) is 0. The fraction of sp³-hybridized carbons (Fsp3) is 0. The largest absolute Gasteiger partial charge is 4.00 e. The van der Waals surface area contributed by atoms with E-state index >= 15 is 0 Å². The fourth-order valence-corrected chi connectivity index (χ4v) is 0. The molecule has 0 aromatic heterocycles. The molecule has 12 nitrogen and oxygen atoms in total. The van der Waals surface area contributed by atoms with Crippen LogP contribution in [-0.2, 0) is 20.4 Å². The van der Waals surface area contributed by atoms with E-state index < -0.39 is 0 Å². The van der Waals surface area contributed by atoms with E-state index in [-0.39, 0.29) is 20.4 Å². The van der Waals surface area contributed by atoms with E-state index in [0.29, 0.717) is 0 Å². The molecule has 0 bridgehead atoms. The summed E-state index contributed by atoms with van der Waals surface area (Å²) in [5, 5.41) is 36.0. The molecule has 0 saturated heterocycles. The molecule has 0 spiro atoms. The molecule has 0 atom stereocenters. The van der Waals surface area contributed by atoms with Gasteiger partial charge in [-0.2, -0.15) is 0 Å². The van der Waals surface area contributed by atoms with Crippen molar-refractivity contribution in [2.24, 2.45) is 21.4 Å². The molecule has 0 fully saturated rings. The molecular weight excluding hydrogens is 370 g/mol. The third kappa shape index (κ3) is 232. The molecule has 0 saturated carbocycles. The molecule has 0 aliphatic carbocycles. The molecule has 0 aromatic carbocycles. The molecule has 0 aliphatic heterocycles. The van der Waals surface area contributed by atoms with Gasteiger partial charge >= 0.3 is 20.4 Å². The second-order valence-corrected chi connectivity index (χ2v) is 0.298. The minimum atomic E-state index is 0. The SMILES string of the molecule is O=N[O-].O=N[O-].O=N[O-].O=N[O-].[Re+4]. The van der Waals surface area contributed by atoms with Crippen molar-refractivity contribution in [3.05, 3.63) is 40.5 Å². The third-order valence-electron chi connectivity index (χ3n) is 0. The van der Waals surface area contributed by atoms with Gasteiger partial charge in [-0.05, 0) is 0 Å². The summed E-state index contributed by atoms with van der Waals surface area (Å²) in [6.45, 7) is 0. The van der Waals surface area contributed by atoms with Crippen molar-refractivity contribution in [1.29, 1.82) is 0 Å². The van der Waals surface area contributed by atoms with Gasteiger partial charge in [-0.15, -0.1) is 21.4 Å². The molecule has 0 rings (SSSR count). The maximum Gasteiger partial charge on any atom is 4.00 e. The normalized spacial score (nSPS) is 3.69. The van der Waals surface area contributed by atoms with Crippen LogP contribution in [0, 0.1) is 40.5 Å². The first-order chi connectivity index (χ1) is 5.66. The smallest absolute Gasteiger partial charge is 0.444 e. The summed E-state index contributed by atoms with van der Waals surface area (Å²) in [7, 11) is 0. The van der Waals surface area contributed by atoms with Gasteiger partial charge in [-0.25, -0.2) is 0 Å². The molecule has 0 heterocycles. The summed E-state index contributed by atoms with van der Waals surface area (Å²) in [6.07, 6.45) is 0. The van der Waals surface area contributed by atoms with Gasteiger partial charge in [0.05, 0.1) is 0 Å². The average molecular weight is 370 g/mol. The zero-order valence-electron chi connectivity index (χ0n) is 5.43. The molecule has 0 unspecified atom stereocenters. The molecule has 0 aliphatic rings. The molecule has 75 valence electrons. The maximum absolute atomic E-state index is 8.00. The summed E-state index contributed by atoms with van der Waals surface area (Å²) in [5.41, 5.74) is 0. The van der Waals surface area contributed by atoms with Gasteiger partial charge in [0, 0.05) is 0 Å². The van der Waals surface area contributed by atoms with Crippen LogP contribution in [0.3, 0.4) is 0 Å². The molecular formula is N4O8Re. The molecule has 0 N–H and O–H groups in total. The monoisotopic (exact) mass is 371 g/mol. The quantitative estimate of drug-likeness (QED) is 0.442. The van der Waals surface area contributed by atoms with Gasteiger partial charge in [0.2, 0.25) is 0 Å². The maximum atomic E-state index is 8.00. The predicted molar refractivity (Wildman–Crippen MR) is 36.6 cm³/mol. The van der Waals surface area contributed by atoms with Crippen LogP contribution in [0.2, 0.25) is 0 Å². The third-order valence-corrected chi connectivity index (χ3v) is 0. The number of nitrogens with zero attached hydrogens (tertiary/aromatic N) is 4. The van der Waals surface area contributed by atoms with Crippen molar-refractivity contribution in [2.45, 2.75) is 0 Å². The Balaban J connectivity index is -0.0000000213.